The molecule has 0 aliphatic heterocycles. The highest BCUT2D eigenvalue weighted by molar-refractivity contribution is 6.27. The van der Waals surface area contributed by atoms with E-state index in [9.17, 15) is 9.59 Å². The number of nitrogens with one attached hydrogen (secondary N) is 2. The summed E-state index contributed by atoms with van der Waals surface area (Å²) in [7, 11) is 1.71. The summed E-state index contributed by atoms with van der Waals surface area (Å²) in [4.78, 5) is 27.1. The van der Waals surface area contributed by atoms with Crippen molar-refractivity contribution < 1.29 is 9.59 Å². The van der Waals surface area contributed by atoms with Crippen molar-refractivity contribution in [1.29, 1.82) is 0 Å². The molecule has 5 nitrogen and oxygen atoms in total. The lowest BCUT2D eigenvalue weighted by atomic mass is 10.3. The van der Waals surface area contributed by atoms with E-state index < -0.39 is 0 Å². The maximum atomic E-state index is 11.6. The fourth-order valence-electron chi connectivity index (χ4n) is 1.29. The van der Waals surface area contributed by atoms with E-state index in [4.69, 9.17) is 11.6 Å². The molecule has 0 spiro atoms. The quantitative estimate of drug-likeness (QED) is 0.724. The zero-order valence-electron chi connectivity index (χ0n) is 9.70. The van der Waals surface area contributed by atoms with Gasteiger partial charge < -0.3 is 15.2 Å². The fourth-order valence-corrected chi connectivity index (χ4v) is 1.39. The summed E-state index contributed by atoms with van der Waals surface area (Å²) >= 11 is 5.30. The van der Waals surface area contributed by atoms with Crippen molar-refractivity contribution in [3.05, 3.63) is 24.0 Å². The number of alkyl halides is 1. The van der Waals surface area contributed by atoms with Crippen LogP contribution in [0, 0.1) is 0 Å². The van der Waals surface area contributed by atoms with Gasteiger partial charge in [-0.2, -0.15) is 0 Å². The van der Waals surface area contributed by atoms with Gasteiger partial charge in [-0.25, -0.2) is 0 Å². The smallest absolute Gasteiger partial charge is 0.241 e. The van der Waals surface area contributed by atoms with E-state index in [2.05, 4.69) is 10.3 Å². The van der Waals surface area contributed by atoms with Crippen LogP contribution in [0.1, 0.15) is 5.69 Å². The second-order valence-corrected chi connectivity index (χ2v) is 3.94. The van der Waals surface area contributed by atoms with Gasteiger partial charge in [0.15, 0.2) is 0 Å². The number of aromatic nitrogens is 1. The fraction of sp³-hybridized carbons (Fsp3) is 0.455. The molecule has 17 heavy (non-hydrogen) atoms. The molecule has 1 heterocycles. The molecule has 2 amide bonds. The van der Waals surface area contributed by atoms with E-state index in [1.54, 1.807) is 11.9 Å². The number of carbonyl (C=O) groups excluding carboxylic acids is 2. The number of nitrogens with zero attached hydrogens (tertiary/aromatic N) is 1. The number of halogens is 1. The van der Waals surface area contributed by atoms with Gasteiger partial charge in [-0.15, -0.1) is 11.6 Å². The maximum Gasteiger partial charge on any atom is 0.241 e. The largest absolute Gasteiger partial charge is 0.365 e. The molecule has 1 aromatic heterocycles. The summed E-state index contributed by atoms with van der Waals surface area (Å²) in [5.41, 5.74) is 1.08. The highest BCUT2D eigenvalue weighted by Gasteiger charge is 2.09. The van der Waals surface area contributed by atoms with Crippen molar-refractivity contribution in [3.63, 3.8) is 0 Å². The van der Waals surface area contributed by atoms with Crippen LogP contribution in [0.4, 0.5) is 0 Å². The van der Waals surface area contributed by atoms with Crippen molar-refractivity contribution in [2.75, 3.05) is 26.0 Å². The van der Waals surface area contributed by atoms with Gasteiger partial charge in [-0.05, 0) is 12.1 Å². The third kappa shape index (κ3) is 4.91. The molecule has 2 N–H and O–H groups in total. The van der Waals surface area contributed by atoms with Gasteiger partial charge in [0.25, 0.3) is 0 Å². The van der Waals surface area contributed by atoms with Crippen molar-refractivity contribution in [2.24, 2.45) is 0 Å². The van der Waals surface area contributed by atoms with Crippen LogP contribution in [0.3, 0.4) is 0 Å². The Morgan fingerprint density at radius 3 is 2.88 bits per heavy atom. The Bertz CT molecular complexity index is 365. The van der Waals surface area contributed by atoms with Gasteiger partial charge in [0.05, 0.1) is 6.54 Å². The summed E-state index contributed by atoms with van der Waals surface area (Å²) < 4.78 is 0. The van der Waals surface area contributed by atoms with Crippen LogP contribution < -0.4 is 5.32 Å². The van der Waals surface area contributed by atoms with Crippen LogP contribution >= 0.6 is 11.6 Å². The molecule has 0 unspecified atom stereocenters. The Morgan fingerprint density at radius 2 is 2.29 bits per heavy atom. The predicted octanol–water partition coefficient (Wildman–Crippen LogP) is 0.371. The highest BCUT2D eigenvalue weighted by Crippen LogP contribution is 1.97. The van der Waals surface area contributed by atoms with Crippen molar-refractivity contribution in [3.8, 4) is 0 Å². The predicted molar refractivity (Wildman–Crippen MR) is 65.9 cm³/mol. The topological polar surface area (TPSA) is 65.2 Å². The minimum Gasteiger partial charge on any atom is -0.365 e. The summed E-state index contributed by atoms with van der Waals surface area (Å²) in [5.74, 6) is -0.591. The average molecular weight is 258 g/mol. The second kappa shape index (κ2) is 6.96. The van der Waals surface area contributed by atoms with E-state index >= 15 is 0 Å². The number of hydrogen-bond donors (Lipinski definition) is 2. The Morgan fingerprint density at radius 1 is 1.53 bits per heavy atom. The van der Waals surface area contributed by atoms with Gasteiger partial charge in [-0.1, -0.05) is 0 Å². The molecule has 0 atom stereocenters. The zero-order chi connectivity index (χ0) is 12.7. The van der Waals surface area contributed by atoms with Crippen molar-refractivity contribution in [1.82, 2.24) is 15.2 Å². The number of hydrogen-bond acceptors (Lipinski definition) is 2. The molecule has 6 heteroatoms. The van der Waals surface area contributed by atoms with Crippen LogP contribution in [-0.2, 0) is 16.0 Å². The summed E-state index contributed by atoms with van der Waals surface area (Å²) in [6.07, 6.45) is 2.61. The minimum atomic E-state index is -0.335. The molecule has 1 rings (SSSR count). The monoisotopic (exact) mass is 257 g/mol. The molecular formula is C11H16ClN3O2. The van der Waals surface area contributed by atoms with Crippen LogP contribution in [0.5, 0.6) is 0 Å². The summed E-state index contributed by atoms with van der Waals surface area (Å²) in [6.45, 7) is 0.600. The van der Waals surface area contributed by atoms with Crippen LogP contribution in [0.2, 0.25) is 0 Å². The molecule has 0 aliphatic rings. The van der Waals surface area contributed by atoms with Crippen LogP contribution in [0.15, 0.2) is 18.3 Å². The molecule has 0 fully saturated rings. The van der Waals surface area contributed by atoms with Gasteiger partial charge >= 0.3 is 0 Å². The molecular weight excluding hydrogens is 242 g/mol. The first kappa shape index (κ1) is 13.6. The highest BCUT2D eigenvalue weighted by atomic mass is 35.5. The van der Waals surface area contributed by atoms with Crippen molar-refractivity contribution >= 4 is 23.4 Å². The average Bonchev–Trinajstić information content (AvgIpc) is 2.85. The molecule has 94 valence electrons. The Hall–Kier alpha value is -1.49. The van der Waals surface area contributed by atoms with E-state index in [-0.39, 0.29) is 24.2 Å². The Kier molecular flexibility index (Phi) is 5.56. The van der Waals surface area contributed by atoms with E-state index in [1.165, 1.54) is 0 Å². The molecule has 0 bridgehead atoms. The van der Waals surface area contributed by atoms with Crippen LogP contribution in [-0.4, -0.2) is 47.7 Å². The Balaban J connectivity index is 2.24. The molecule has 1 aromatic rings. The van der Waals surface area contributed by atoms with Crippen molar-refractivity contribution in [2.45, 2.75) is 6.42 Å². The number of carbonyl (C=O) groups is 2. The van der Waals surface area contributed by atoms with Gasteiger partial charge in [0, 0.05) is 31.9 Å². The maximum absolute atomic E-state index is 11.6. The minimum absolute atomic E-state index is 0.00716. The molecule has 0 radical (unpaired) electrons. The first-order valence-corrected chi connectivity index (χ1v) is 5.86. The lowest BCUT2D eigenvalue weighted by molar-refractivity contribution is -0.131. The van der Waals surface area contributed by atoms with E-state index in [1.807, 2.05) is 18.3 Å². The normalized spacial score (nSPS) is 10.0. The third-order valence-electron chi connectivity index (χ3n) is 2.36. The standard InChI is InChI=1S/C11H16ClN3O2/c1-15(6-4-9-3-2-5-13-9)11(17)8-14-10(16)7-12/h2-3,5,13H,4,6-8H2,1H3,(H,14,16). The first-order valence-electron chi connectivity index (χ1n) is 5.32. The number of likely N-dealkylation sites (N-methyl/N-ethyl adjacent to an activating group) is 1. The third-order valence-corrected chi connectivity index (χ3v) is 2.61. The number of amides is 2. The first-order chi connectivity index (χ1) is 8.13. The molecule has 0 aromatic carbocycles. The summed E-state index contributed by atoms with van der Waals surface area (Å²) in [6, 6.07) is 3.88. The lowest BCUT2D eigenvalue weighted by Crippen LogP contribution is -2.39. The van der Waals surface area contributed by atoms with Crippen LogP contribution in [0.25, 0.3) is 0 Å². The lowest BCUT2D eigenvalue weighted by Gasteiger charge is -2.16. The van der Waals surface area contributed by atoms with E-state index in [0.717, 1.165) is 12.1 Å². The zero-order valence-corrected chi connectivity index (χ0v) is 10.5. The van der Waals surface area contributed by atoms with Gasteiger partial charge in [0.2, 0.25) is 11.8 Å². The number of H-pyrrole nitrogens is 1. The van der Waals surface area contributed by atoms with E-state index in [0.29, 0.717) is 6.54 Å². The number of aromatic amines is 1. The molecule has 0 aliphatic carbocycles. The second-order valence-electron chi connectivity index (χ2n) is 3.67. The number of rotatable bonds is 6. The molecule has 0 saturated heterocycles. The Labute approximate surface area is 105 Å². The SMILES string of the molecule is CN(CCc1ccc[nH]1)C(=O)CNC(=O)CCl. The van der Waals surface area contributed by atoms with Gasteiger partial charge in [-0.3, -0.25) is 9.59 Å². The molecule has 0 saturated carbocycles. The van der Waals surface area contributed by atoms with Gasteiger partial charge in [0.1, 0.15) is 5.88 Å². The summed E-state index contributed by atoms with van der Waals surface area (Å²) in [5, 5.41) is 2.44.